The molecule has 0 unspecified atom stereocenters. The van der Waals surface area contributed by atoms with Gasteiger partial charge in [-0.1, -0.05) is 36.4 Å². The lowest BCUT2D eigenvalue weighted by Gasteiger charge is -2.23. The normalized spacial score (nSPS) is 24.1. The molecule has 140 valence electrons. The Morgan fingerprint density at radius 2 is 1.52 bits per heavy atom. The molecular weight excluding hydrogens is 372 g/mol. The molecule has 0 radical (unpaired) electrons. The van der Waals surface area contributed by atoms with Crippen LogP contribution < -0.4 is 0 Å². The fourth-order valence-corrected chi connectivity index (χ4v) is 2.89. The predicted molar refractivity (Wildman–Crippen MR) is 96.5 cm³/mol. The van der Waals surface area contributed by atoms with Crippen LogP contribution in [0.25, 0.3) is 0 Å². The first-order valence-electron chi connectivity index (χ1n) is 8.28. The fourth-order valence-electron chi connectivity index (χ4n) is 2.66. The second-order valence-electron chi connectivity index (χ2n) is 6.18. The maximum Gasteiger partial charge on any atom is 0.338 e. The van der Waals surface area contributed by atoms with Crippen molar-refractivity contribution in [1.82, 2.24) is 0 Å². The molecule has 0 N–H and O–H groups in total. The highest BCUT2D eigenvalue weighted by Gasteiger charge is 2.56. The minimum Gasteiger partial charge on any atom is -0.458 e. The third-order valence-corrected chi connectivity index (χ3v) is 4.53. The minimum atomic E-state index is -1.58. The molecule has 6 nitrogen and oxygen atoms in total. The molecule has 0 aliphatic carbocycles. The average molecular weight is 389 g/mol. The van der Waals surface area contributed by atoms with E-state index in [1.807, 2.05) is 0 Å². The Morgan fingerprint density at radius 3 is 2.07 bits per heavy atom. The Hall–Kier alpha value is -2.86. The maximum atomic E-state index is 12.3. The second-order valence-corrected chi connectivity index (χ2v) is 6.96. The molecule has 1 fully saturated rings. The highest BCUT2D eigenvalue weighted by atomic mass is 35.5. The van der Waals surface area contributed by atoms with Gasteiger partial charge in [-0.2, -0.15) is 0 Å². The van der Waals surface area contributed by atoms with E-state index in [4.69, 9.17) is 25.8 Å². The maximum absolute atomic E-state index is 12.3. The Morgan fingerprint density at radius 1 is 1.00 bits per heavy atom. The number of halogens is 1. The average Bonchev–Trinajstić information content (AvgIpc) is 2.90. The topological polar surface area (TPSA) is 78.9 Å². The minimum absolute atomic E-state index is 0.283. The molecule has 2 aromatic rings. The van der Waals surface area contributed by atoms with Gasteiger partial charge in [-0.05, 0) is 31.2 Å². The molecule has 27 heavy (non-hydrogen) atoms. The van der Waals surface area contributed by atoms with Crippen LogP contribution in [0.1, 0.15) is 27.6 Å². The highest BCUT2D eigenvalue weighted by Crippen LogP contribution is 2.35. The summed E-state index contributed by atoms with van der Waals surface area (Å²) in [7, 11) is 0. The Kier molecular flexibility index (Phi) is 5.46. The molecule has 1 heterocycles. The Labute approximate surface area is 161 Å². The van der Waals surface area contributed by atoms with Crippen LogP contribution in [0.4, 0.5) is 0 Å². The van der Waals surface area contributed by atoms with E-state index in [-0.39, 0.29) is 6.61 Å². The molecule has 7 heteroatoms. The molecule has 3 atom stereocenters. The van der Waals surface area contributed by atoms with Gasteiger partial charge < -0.3 is 14.2 Å². The third kappa shape index (κ3) is 4.11. The van der Waals surface area contributed by atoms with Gasteiger partial charge in [-0.25, -0.2) is 14.4 Å². The van der Waals surface area contributed by atoms with Crippen LogP contribution in [0.15, 0.2) is 60.7 Å². The third-order valence-electron chi connectivity index (χ3n) is 4.16. The van der Waals surface area contributed by atoms with E-state index in [1.54, 1.807) is 60.7 Å². The number of ether oxygens (including phenoxy) is 3. The van der Waals surface area contributed by atoms with Gasteiger partial charge in [0.2, 0.25) is 0 Å². The van der Waals surface area contributed by atoms with Crippen LogP contribution in [0.2, 0.25) is 0 Å². The smallest absolute Gasteiger partial charge is 0.338 e. The lowest BCUT2D eigenvalue weighted by molar-refractivity contribution is -0.144. The van der Waals surface area contributed by atoms with Gasteiger partial charge >= 0.3 is 17.9 Å². The second kappa shape index (κ2) is 7.80. The largest absolute Gasteiger partial charge is 0.458 e. The van der Waals surface area contributed by atoms with Crippen molar-refractivity contribution in [2.45, 2.75) is 24.0 Å². The van der Waals surface area contributed by atoms with Crippen LogP contribution in [0.3, 0.4) is 0 Å². The summed E-state index contributed by atoms with van der Waals surface area (Å²) in [5.41, 5.74) is 0.664. The van der Waals surface area contributed by atoms with Crippen molar-refractivity contribution in [3.05, 3.63) is 71.8 Å². The molecule has 0 amide bonds. The zero-order valence-electron chi connectivity index (χ0n) is 14.5. The summed E-state index contributed by atoms with van der Waals surface area (Å²) in [6.07, 6.45) is -2.11. The van der Waals surface area contributed by atoms with Gasteiger partial charge in [0, 0.05) is 0 Å². The van der Waals surface area contributed by atoms with Crippen molar-refractivity contribution < 1.29 is 28.6 Å². The Bertz CT molecular complexity index is 834. The number of carbonyl (C=O) groups excluding carboxylic acids is 3. The lowest BCUT2D eigenvalue weighted by atomic mass is 10.0. The van der Waals surface area contributed by atoms with E-state index in [2.05, 4.69) is 0 Å². The van der Waals surface area contributed by atoms with Crippen LogP contribution in [0, 0.1) is 0 Å². The zero-order valence-corrected chi connectivity index (χ0v) is 15.2. The number of carbonyl (C=O) groups is 3. The van der Waals surface area contributed by atoms with E-state index in [0.29, 0.717) is 11.1 Å². The molecule has 0 saturated carbocycles. The van der Waals surface area contributed by atoms with Gasteiger partial charge in [-0.3, -0.25) is 0 Å². The van der Waals surface area contributed by atoms with Crippen molar-refractivity contribution in [1.29, 1.82) is 0 Å². The Balaban J connectivity index is 1.70. The number of benzene rings is 2. The van der Waals surface area contributed by atoms with E-state index in [1.165, 1.54) is 6.92 Å². The van der Waals surface area contributed by atoms with Crippen LogP contribution >= 0.6 is 11.6 Å². The monoisotopic (exact) mass is 388 g/mol. The van der Waals surface area contributed by atoms with Gasteiger partial charge in [0.15, 0.2) is 17.1 Å². The highest BCUT2D eigenvalue weighted by molar-refractivity contribution is 6.35. The quantitative estimate of drug-likeness (QED) is 0.445. The molecule has 1 saturated heterocycles. The SMILES string of the molecule is C[C@]1(Cl)C(=O)O[C@@H](COC(=O)c2ccccc2)[C@H]1OC(=O)c1ccccc1. The van der Waals surface area contributed by atoms with Crippen molar-refractivity contribution in [3.8, 4) is 0 Å². The molecular formula is C20H17ClO6. The number of alkyl halides is 1. The standard InChI is InChI=1S/C20H17ClO6/c1-20(21)16(27-18(23)14-10-6-3-7-11-14)15(26-19(20)24)12-25-17(22)13-8-4-2-5-9-13/h2-11,15-16H,12H2,1H3/t15-,16+,20+/m0/s1. The van der Waals surface area contributed by atoms with Gasteiger partial charge in [0.25, 0.3) is 0 Å². The van der Waals surface area contributed by atoms with E-state index < -0.39 is 35.0 Å². The van der Waals surface area contributed by atoms with Crippen molar-refractivity contribution in [2.24, 2.45) is 0 Å². The number of rotatable bonds is 5. The summed E-state index contributed by atoms with van der Waals surface area (Å²) in [5, 5.41) is 0. The number of esters is 3. The summed E-state index contributed by atoms with van der Waals surface area (Å²) in [5.74, 6) is -1.97. The van der Waals surface area contributed by atoms with Gasteiger partial charge in [-0.15, -0.1) is 11.6 Å². The van der Waals surface area contributed by atoms with E-state index >= 15 is 0 Å². The first kappa shape index (κ1) is 18.9. The van der Waals surface area contributed by atoms with E-state index in [0.717, 1.165) is 0 Å². The number of cyclic esters (lactones) is 1. The zero-order chi connectivity index (χ0) is 19.4. The molecule has 0 bridgehead atoms. The molecule has 1 aliphatic heterocycles. The molecule has 1 aliphatic rings. The summed E-state index contributed by atoms with van der Waals surface area (Å²) in [6.45, 7) is 1.12. The molecule has 0 spiro atoms. The van der Waals surface area contributed by atoms with Crippen LogP contribution in [0.5, 0.6) is 0 Å². The molecule has 3 rings (SSSR count). The molecule has 0 aromatic heterocycles. The number of hydrogen-bond acceptors (Lipinski definition) is 6. The van der Waals surface area contributed by atoms with Crippen molar-refractivity contribution in [2.75, 3.05) is 6.61 Å². The predicted octanol–water partition coefficient (Wildman–Crippen LogP) is 2.99. The van der Waals surface area contributed by atoms with Crippen molar-refractivity contribution in [3.63, 3.8) is 0 Å². The first-order valence-corrected chi connectivity index (χ1v) is 8.65. The van der Waals surface area contributed by atoms with Crippen molar-refractivity contribution >= 4 is 29.5 Å². The fraction of sp³-hybridized carbons (Fsp3) is 0.250. The van der Waals surface area contributed by atoms with Gasteiger partial charge in [0.05, 0.1) is 11.1 Å². The van der Waals surface area contributed by atoms with E-state index in [9.17, 15) is 14.4 Å². The van der Waals surface area contributed by atoms with Gasteiger partial charge in [0.1, 0.15) is 6.61 Å². The summed E-state index contributed by atoms with van der Waals surface area (Å²) >= 11 is 6.25. The number of hydrogen-bond donors (Lipinski definition) is 0. The summed E-state index contributed by atoms with van der Waals surface area (Å²) in [4.78, 5) is 34.9. The van der Waals surface area contributed by atoms with Crippen LogP contribution in [-0.4, -0.2) is 41.6 Å². The first-order chi connectivity index (χ1) is 12.9. The summed E-state index contributed by atoms with van der Waals surface area (Å²) < 4.78 is 15.8. The lowest BCUT2D eigenvalue weighted by Crippen LogP contribution is -2.43. The summed E-state index contributed by atoms with van der Waals surface area (Å²) in [6, 6.07) is 16.7. The molecule has 2 aromatic carbocycles. The van der Waals surface area contributed by atoms with Crippen LogP contribution in [-0.2, 0) is 19.0 Å².